The molecular weight excluding hydrogens is 624 g/mol. The third-order valence-corrected chi connectivity index (χ3v) is 13.2. The van der Waals surface area contributed by atoms with Crippen molar-refractivity contribution in [1.82, 2.24) is 19.8 Å². The summed E-state index contributed by atoms with van der Waals surface area (Å²) in [5.74, 6) is 2.88. The predicted molar refractivity (Wildman–Crippen MR) is 193 cm³/mol. The standard InChI is InChI=1S/C42H58N4O4/c1-25-18-28-21-36-32(41(22-25)30(28)11-9-15-45(41)37(47)49-39(3,4)5)13-14-34(44-36)29-19-33-35(43-24-29)20-27-17-26(2)23-42(33)31(27)12-10-16-46(42)38(48)50-40(6,7)8/h13-14,19,24-28,30-31H,9-12,15-18,20-23H2,1-8H3/t25-,26-,27+,28+,30-,31-,41-,42-/m1/s1. The van der Waals surface area contributed by atoms with Gasteiger partial charge in [-0.3, -0.25) is 19.8 Å². The van der Waals surface area contributed by atoms with Crippen LogP contribution in [0.4, 0.5) is 9.59 Å². The molecule has 8 heteroatoms. The Balaban J connectivity index is 1.22. The number of aromatic nitrogens is 2. The predicted octanol–water partition coefficient (Wildman–Crippen LogP) is 9.03. The van der Waals surface area contributed by atoms with Crippen molar-refractivity contribution in [2.45, 2.75) is 142 Å². The molecular formula is C42H58N4O4. The van der Waals surface area contributed by atoms with E-state index in [4.69, 9.17) is 19.4 Å². The number of amides is 2. The van der Waals surface area contributed by atoms with Gasteiger partial charge in [0.2, 0.25) is 0 Å². The largest absolute Gasteiger partial charge is 0.444 e. The Labute approximate surface area is 299 Å². The number of ether oxygens (including phenoxy) is 2. The maximum Gasteiger partial charge on any atom is 0.411 e. The lowest BCUT2D eigenvalue weighted by Crippen LogP contribution is -2.64. The van der Waals surface area contributed by atoms with Crippen LogP contribution in [0.1, 0.15) is 129 Å². The Morgan fingerprint density at radius 2 is 1.28 bits per heavy atom. The molecule has 8 atom stereocenters. The van der Waals surface area contributed by atoms with Crippen LogP contribution in [0.2, 0.25) is 0 Å². The van der Waals surface area contributed by atoms with E-state index in [-0.39, 0.29) is 17.7 Å². The van der Waals surface area contributed by atoms with Crippen molar-refractivity contribution in [3.8, 4) is 11.3 Å². The Hall–Kier alpha value is -3.16. The molecule has 50 heavy (non-hydrogen) atoms. The molecule has 2 aromatic rings. The highest BCUT2D eigenvalue weighted by atomic mass is 16.6. The van der Waals surface area contributed by atoms with Crippen LogP contribution in [0.3, 0.4) is 0 Å². The third-order valence-electron chi connectivity index (χ3n) is 13.2. The lowest BCUT2D eigenvalue weighted by Gasteiger charge is -2.61. The average Bonchev–Trinajstić information content (AvgIpc) is 3.01. The Bertz CT molecular complexity index is 1690. The number of pyridine rings is 2. The highest BCUT2D eigenvalue weighted by molar-refractivity contribution is 5.72. The monoisotopic (exact) mass is 682 g/mol. The molecule has 0 spiro atoms. The number of piperidine rings is 2. The van der Waals surface area contributed by atoms with Gasteiger partial charge in [0.15, 0.2) is 0 Å². The number of rotatable bonds is 1. The van der Waals surface area contributed by atoms with Gasteiger partial charge in [-0.25, -0.2) is 9.59 Å². The highest BCUT2D eigenvalue weighted by Gasteiger charge is 2.61. The zero-order chi connectivity index (χ0) is 35.4. The summed E-state index contributed by atoms with van der Waals surface area (Å²) in [6, 6.07) is 6.79. The number of likely N-dealkylation sites (tertiary alicyclic amines) is 2. The molecule has 4 aliphatic carbocycles. The molecule has 4 bridgehead atoms. The highest BCUT2D eigenvalue weighted by Crippen LogP contribution is 2.61. The van der Waals surface area contributed by atoms with E-state index in [0.29, 0.717) is 42.1 Å². The van der Waals surface area contributed by atoms with Crippen LogP contribution in [0.25, 0.3) is 11.3 Å². The molecule has 2 aliphatic heterocycles. The van der Waals surface area contributed by atoms with Gasteiger partial charge >= 0.3 is 12.2 Å². The lowest BCUT2D eigenvalue weighted by molar-refractivity contribution is -0.0937. The number of carbonyl (C=O) groups is 2. The average molecular weight is 683 g/mol. The van der Waals surface area contributed by atoms with Gasteiger partial charge in [-0.1, -0.05) is 19.9 Å². The number of nitrogens with zero attached hydrogens (tertiary/aromatic N) is 4. The van der Waals surface area contributed by atoms with E-state index in [0.717, 1.165) is 80.6 Å². The second-order valence-corrected chi connectivity index (χ2v) is 19.0. The van der Waals surface area contributed by atoms with Gasteiger partial charge in [0.25, 0.3) is 0 Å². The van der Waals surface area contributed by atoms with Gasteiger partial charge in [0.1, 0.15) is 11.2 Å². The smallest absolute Gasteiger partial charge is 0.411 e. The molecule has 0 unspecified atom stereocenters. The minimum Gasteiger partial charge on any atom is -0.444 e. The normalized spacial score (nSPS) is 34.5. The summed E-state index contributed by atoms with van der Waals surface area (Å²) in [5.41, 5.74) is 4.72. The third kappa shape index (κ3) is 5.36. The number of fused-ring (bicyclic) bond motifs is 2. The SMILES string of the molecule is C[C@@H]1C[C@H]2Cc3ncc(-c4ccc5c(n4)C[C@@H]4C[C@@H](C)C[C@@]56[C@@H]4CCCN6C(=O)OC(C)(C)C)cc3[C@@]3(C1)[C@@H]2CCCN3C(=O)OC(C)(C)C. The lowest BCUT2D eigenvalue weighted by atomic mass is 9.53. The fourth-order valence-corrected chi connectivity index (χ4v) is 12.0. The van der Waals surface area contributed by atoms with E-state index < -0.39 is 16.7 Å². The molecule has 8 nitrogen and oxygen atoms in total. The van der Waals surface area contributed by atoms with E-state index in [2.05, 4.69) is 41.8 Å². The maximum absolute atomic E-state index is 14.0. The van der Waals surface area contributed by atoms with Crippen molar-refractivity contribution in [3.05, 3.63) is 46.9 Å². The summed E-state index contributed by atoms with van der Waals surface area (Å²) >= 11 is 0. The van der Waals surface area contributed by atoms with Crippen LogP contribution >= 0.6 is 0 Å². The van der Waals surface area contributed by atoms with Gasteiger partial charge < -0.3 is 9.47 Å². The van der Waals surface area contributed by atoms with Crippen LogP contribution in [0, 0.1) is 35.5 Å². The molecule has 4 heterocycles. The Morgan fingerprint density at radius 3 is 1.82 bits per heavy atom. The Morgan fingerprint density at radius 1 is 0.760 bits per heavy atom. The van der Waals surface area contributed by atoms with Gasteiger partial charge in [0.05, 0.1) is 16.8 Å². The Kier molecular flexibility index (Phi) is 7.93. The quantitative estimate of drug-likeness (QED) is 0.299. The first-order chi connectivity index (χ1) is 23.6. The summed E-state index contributed by atoms with van der Waals surface area (Å²) in [6.07, 6.45) is 12.1. The molecule has 270 valence electrons. The summed E-state index contributed by atoms with van der Waals surface area (Å²) in [7, 11) is 0. The molecule has 4 fully saturated rings. The van der Waals surface area contributed by atoms with E-state index in [1.54, 1.807) is 0 Å². The molecule has 0 radical (unpaired) electrons. The summed E-state index contributed by atoms with van der Waals surface area (Å²) < 4.78 is 12.2. The van der Waals surface area contributed by atoms with E-state index in [1.165, 1.54) is 24.0 Å². The van der Waals surface area contributed by atoms with Crippen molar-refractivity contribution in [1.29, 1.82) is 0 Å². The van der Waals surface area contributed by atoms with Crippen LogP contribution < -0.4 is 0 Å². The molecule has 0 N–H and O–H groups in total. The number of hydrogen-bond acceptors (Lipinski definition) is 6. The minimum absolute atomic E-state index is 0.193. The van der Waals surface area contributed by atoms with Crippen molar-refractivity contribution >= 4 is 12.2 Å². The van der Waals surface area contributed by atoms with Gasteiger partial charge in [-0.2, -0.15) is 0 Å². The first-order valence-corrected chi connectivity index (χ1v) is 19.6. The van der Waals surface area contributed by atoms with Crippen molar-refractivity contribution in [2.75, 3.05) is 13.1 Å². The zero-order valence-electron chi connectivity index (χ0n) is 31.7. The fraction of sp³-hybridized carbons (Fsp3) is 0.714. The molecule has 2 aromatic heterocycles. The molecule has 2 saturated carbocycles. The molecule has 8 rings (SSSR count). The van der Waals surface area contributed by atoms with E-state index >= 15 is 0 Å². The zero-order valence-corrected chi connectivity index (χ0v) is 31.7. The van der Waals surface area contributed by atoms with E-state index in [9.17, 15) is 9.59 Å². The maximum atomic E-state index is 14.0. The van der Waals surface area contributed by atoms with Crippen LogP contribution in [0.5, 0.6) is 0 Å². The molecule has 2 saturated heterocycles. The topological polar surface area (TPSA) is 84.9 Å². The second-order valence-electron chi connectivity index (χ2n) is 19.0. The summed E-state index contributed by atoms with van der Waals surface area (Å²) in [4.78, 5) is 42.8. The number of carbonyl (C=O) groups excluding carboxylic acids is 2. The second kappa shape index (κ2) is 11.7. The van der Waals surface area contributed by atoms with Gasteiger partial charge in [-0.15, -0.1) is 0 Å². The van der Waals surface area contributed by atoms with Gasteiger partial charge in [0, 0.05) is 41.8 Å². The first-order valence-electron chi connectivity index (χ1n) is 19.6. The van der Waals surface area contributed by atoms with Crippen molar-refractivity contribution in [2.24, 2.45) is 35.5 Å². The number of hydrogen-bond donors (Lipinski definition) is 0. The first kappa shape index (κ1) is 34.0. The molecule has 6 aliphatic rings. The van der Waals surface area contributed by atoms with Gasteiger partial charge in [-0.05, 0) is 159 Å². The summed E-state index contributed by atoms with van der Waals surface area (Å²) in [5, 5.41) is 0. The fourth-order valence-electron chi connectivity index (χ4n) is 12.0. The van der Waals surface area contributed by atoms with Crippen LogP contribution in [0.15, 0.2) is 24.4 Å². The molecule has 2 amide bonds. The molecule has 0 aromatic carbocycles. The summed E-state index contributed by atoms with van der Waals surface area (Å²) in [6.45, 7) is 17.9. The van der Waals surface area contributed by atoms with Crippen molar-refractivity contribution < 1.29 is 19.1 Å². The van der Waals surface area contributed by atoms with Crippen LogP contribution in [-0.4, -0.2) is 56.2 Å². The minimum atomic E-state index is -0.559. The van der Waals surface area contributed by atoms with E-state index in [1.807, 2.05) is 47.7 Å². The van der Waals surface area contributed by atoms with Crippen molar-refractivity contribution in [3.63, 3.8) is 0 Å². The van der Waals surface area contributed by atoms with Crippen LogP contribution in [-0.2, 0) is 33.4 Å².